The monoisotopic (exact) mass is 497 g/mol. The van der Waals surface area contributed by atoms with E-state index in [4.69, 9.17) is 11.6 Å². The number of carbonyl (C=O) groups excluding carboxylic acids is 1. The van der Waals surface area contributed by atoms with Gasteiger partial charge in [-0.05, 0) is 49.2 Å². The molecule has 1 heterocycles. The van der Waals surface area contributed by atoms with Crippen molar-refractivity contribution in [3.05, 3.63) is 107 Å². The van der Waals surface area contributed by atoms with Gasteiger partial charge in [0.15, 0.2) is 5.69 Å². The van der Waals surface area contributed by atoms with Gasteiger partial charge in [0.05, 0.1) is 16.4 Å². The summed E-state index contributed by atoms with van der Waals surface area (Å²) in [5.41, 5.74) is 1.57. The van der Waals surface area contributed by atoms with Crippen LogP contribution >= 0.6 is 11.6 Å². The third-order valence-electron chi connectivity index (χ3n) is 5.86. The van der Waals surface area contributed by atoms with E-state index in [2.05, 4.69) is 5.10 Å². The van der Waals surface area contributed by atoms with Crippen molar-refractivity contribution in [2.45, 2.75) is 25.6 Å². The minimum Gasteiger partial charge on any atom is -0.339 e. The molecule has 4 rings (SSSR count). The van der Waals surface area contributed by atoms with Crippen LogP contribution < -0.4 is 0 Å². The lowest BCUT2D eigenvalue weighted by Crippen LogP contribution is -2.36. The molecule has 4 aromatic rings. The molecule has 1 aromatic heterocycles. The Kier molecular flexibility index (Phi) is 6.98. The number of likely N-dealkylation sites (N-methyl/N-ethyl adjacent to an activating group) is 1. The van der Waals surface area contributed by atoms with Crippen LogP contribution in [0.2, 0.25) is 5.02 Å². The summed E-state index contributed by atoms with van der Waals surface area (Å²) >= 11 is 6.24. The second-order valence-corrected chi connectivity index (χ2v) is 8.72. The Bertz CT molecular complexity index is 1320. The topological polar surface area (TPSA) is 38.1 Å². The molecule has 1 atom stereocenters. The number of carbonyl (C=O) groups is 1. The number of alkyl halides is 3. The maximum absolute atomic E-state index is 13.4. The maximum atomic E-state index is 13.4. The van der Waals surface area contributed by atoms with Crippen molar-refractivity contribution in [1.29, 1.82) is 0 Å². The number of halogens is 4. The molecule has 0 N–H and O–H groups in total. The molecule has 4 nitrogen and oxygen atoms in total. The summed E-state index contributed by atoms with van der Waals surface area (Å²) < 4.78 is 41.5. The van der Waals surface area contributed by atoms with Gasteiger partial charge in [-0.25, -0.2) is 4.68 Å². The molecule has 0 aliphatic rings. The van der Waals surface area contributed by atoms with E-state index >= 15 is 0 Å². The summed E-state index contributed by atoms with van der Waals surface area (Å²) in [6.07, 6.45) is -3.91. The maximum Gasteiger partial charge on any atom is 0.435 e. The number of nitrogens with zero attached hydrogens (tertiary/aromatic N) is 3. The van der Waals surface area contributed by atoms with Crippen molar-refractivity contribution < 1.29 is 18.0 Å². The van der Waals surface area contributed by atoms with Crippen LogP contribution in [0.25, 0.3) is 16.9 Å². The summed E-state index contributed by atoms with van der Waals surface area (Å²) in [7, 11) is 1.74. The standard InChI is InChI=1S/C27H23ClF3N3O/c1-18(16-19-8-4-3-5-9-19)33(2)26(35)21-14-12-20(13-15-21)24-17-25(27(29,30)31)32-34(24)23-11-7-6-10-22(23)28/h3-15,17-18H,16H2,1-2H3. The van der Waals surface area contributed by atoms with Crippen molar-refractivity contribution in [2.75, 3.05) is 7.05 Å². The van der Waals surface area contributed by atoms with Crippen molar-refractivity contribution in [2.24, 2.45) is 0 Å². The molecule has 3 aromatic carbocycles. The fraction of sp³-hybridized carbons (Fsp3) is 0.185. The molecule has 0 bridgehead atoms. The number of amides is 1. The van der Waals surface area contributed by atoms with Gasteiger partial charge in [0.25, 0.3) is 5.91 Å². The lowest BCUT2D eigenvalue weighted by atomic mass is 10.0. The highest BCUT2D eigenvalue weighted by Crippen LogP contribution is 2.34. The number of aromatic nitrogens is 2. The first kappa shape index (κ1) is 24.5. The Morgan fingerprint density at radius 1 is 1.00 bits per heavy atom. The summed E-state index contributed by atoms with van der Waals surface area (Å²) in [6.45, 7) is 1.97. The Morgan fingerprint density at radius 3 is 2.26 bits per heavy atom. The Hall–Kier alpha value is -3.58. The predicted molar refractivity (Wildman–Crippen MR) is 131 cm³/mol. The van der Waals surface area contributed by atoms with Gasteiger partial charge in [-0.3, -0.25) is 4.79 Å². The second-order valence-electron chi connectivity index (χ2n) is 8.31. The van der Waals surface area contributed by atoms with Crippen molar-refractivity contribution in [3.63, 3.8) is 0 Å². The molecule has 0 saturated carbocycles. The van der Waals surface area contributed by atoms with Gasteiger partial charge in [0, 0.05) is 24.2 Å². The van der Waals surface area contributed by atoms with E-state index in [0.717, 1.165) is 11.6 Å². The first-order valence-corrected chi connectivity index (χ1v) is 11.4. The zero-order chi connectivity index (χ0) is 25.2. The Labute approximate surface area is 206 Å². The quantitative estimate of drug-likeness (QED) is 0.290. The normalized spacial score (nSPS) is 12.4. The first-order chi connectivity index (χ1) is 16.6. The number of benzene rings is 3. The molecule has 0 saturated heterocycles. The summed E-state index contributed by atoms with van der Waals surface area (Å²) in [6, 6.07) is 23.8. The third kappa shape index (κ3) is 5.41. The van der Waals surface area contributed by atoms with E-state index in [0.29, 0.717) is 23.2 Å². The zero-order valence-corrected chi connectivity index (χ0v) is 19.9. The van der Waals surface area contributed by atoms with E-state index in [1.54, 1.807) is 60.5 Å². The average molecular weight is 498 g/mol. The van der Waals surface area contributed by atoms with Crippen molar-refractivity contribution >= 4 is 17.5 Å². The largest absolute Gasteiger partial charge is 0.435 e. The first-order valence-electron chi connectivity index (χ1n) is 11.0. The number of rotatable bonds is 6. The van der Waals surface area contributed by atoms with E-state index < -0.39 is 11.9 Å². The van der Waals surface area contributed by atoms with Gasteiger partial charge in [-0.1, -0.05) is 66.2 Å². The summed E-state index contributed by atoms with van der Waals surface area (Å²) in [4.78, 5) is 14.7. The predicted octanol–water partition coefficient (Wildman–Crippen LogP) is 6.91. The van der Waals surface area contributed by atoms with Crippen LogP contribution in [0.4, 0.5) is 13.2 Å². The molecule has 1 amide bonds. The minimum atomic E-state index is -4.62. The van der Waals surface area contributed by atoms with Gasteiger partial charge < -0.3 is 4.90 Å². The fourth-order valence-electron chi connectivity index (χ4n) is 3.81. The van der Waals surface area contributed by atoms with Crippen LogP contribution in [0.1, 0.15) is 28.5 Å². The lowest BCUT2D eigenvalue weighted by molar-refractivity contribution is -0.141. The van der Waals surface area contributed by atoms with E-state index in [1.165, 1.54) is 4.68 Å². The number of hydrogen-bond acceptors (Lipinski definition) is 2. The second kappa shape index (κ2) is 9.96. The molecule has 0 radical (unpaired) electrons. The Morgan fingerprint density at radius 2 is 1.63 bits per heavy atom. The number of hydrogen-bond donors (Lipinski definition) is 0. The molecular formula is C27H23ClF3N3O. The van der Waals surface area contributed by atoms with Crippen LogP contribution in [-0.4, -0.2) is 33.7 Å². The van der Waals surface area contributed by atoms with Gasteiger partial charge in [0.1, 0.15) is 0 Å². The number of para-hydroxylation sites is 1. The van der Waals surface area contributed by atoms with Gasteiger partial charge >= 0.3 is 6.18 Å². The SMILES string of the molecule is CC(Cc1ccccc1)N(C)C(=O)c1ccc(-c2cc(C(F)(F)F)nn2-c2ccccc2Cl)cc1. The summed E-state index contributed by atoms with van der Waals surface area (Å²) in [5, 5.41) is 4.04. The van der Waals surface area contributed by atoms with Crippen LogP contribution in [0.5, 0.6) is 0 Å². The van der Waals surface area contributed by atoms with E-state index in [1.807, 2.05) is 37.3 Å². The average Bonchev–Trinajstić information content (AvgIpc) is 3.30. The molecular weight excluding hydrogens is 475 g/mol. The molecule has 8 heteroatoms. The van der Waals surface area contributed by atoms with Crippen LogP contribution in [0, 0.1) is 0 Å². The van der Waals surface area contributed by atoms with Crippen LogP contribution in [-0.2, 0) is 12.6 Å². The Balaban J connectivity index is 1.61. The fourth-order valence-corrected chi connectivity index (χ4v) is 4.03. The lowest BCUT2D eigenvalue weighted by Gasteiger charge is -2.25. The third-order valence-corrected chi connectivity index (χ3v) is 6.18. The molecule has 35 heavy (non-hydrogen) atoms. The van der Waals surface area contributed by atoms with Crippen LogP contribution in [0.15, 0.2) is 84.9 Å². The zero-order valence-electron chi connectivity index (χ0n) is 19.1. The highest BCUT2D eigenvalue weighted by atomic mass is 35.5. The molecule has 0 spiro atoms. The van der Waals surface area contributed by atoms with Gasteiger partial charge in [0.2, 0.25) is 0 Å². The molecule has 180 valence electrons. The van der Waals surface area contributed by atoms with Crippen molar-refractivity contribution in [3.8, 4) is 16.9 Å². The highest BCUT2D eigenvalue weighted by molar-refractivity contribution is 6.32. The van der Waals surface area contributed by atoms with E-state index in [9.17, 15) is 18.0 Å². The van der Waals surface area contributed by atoms with E-state index in [-0.39, 0.29) is 22.7 Å². The molecule has 0 fully saturated rings. The van der Waals surface area contributed by atoms with Crippen LogP contribution in [0.3, 0.4) is 0 Å². The molecule has 0 aliphatic heterocycles. The summed E-state index contributed by atoms with van der Waals surface area (Å²) in [5.74, 6) is -0.171. The smallest absolute Gasteiger partial charge is 0.339 e. The minimum absolute atomic E-state index is 0.0411. The van der Waals surface area contributed by atoms with Gasteiger partial charge in [-0.2, -0.15) is 18.3 Å². The molecule has 1 unspecified atom stereocenters. The van der Waals surface area contributed by atoms with Crippen molar-refractivity contribution in [1.82, 2.24) is 14.7 Å². The molecule has 0 aliphatic carbocycles. The van der Waals surface area contributed by atoms with Gasteiger partial charge in [-0.15, -0.1) is 0 Å². The highest BCUT2D eigenvalue weighted by Gasteiger charge is 2.35.